The first-order chi connectivity index (χ1) is 8.50. The molecule has 0 aliphatic heterocycles. The standard InChI is InChI=1S/C12H16Cl2N2O2/c1-16-7(5-9(13)11(16)14)6-15-12(18)8-3-2-4-10(8)17/h5,8,10,17H,2-4,6H2,1H3,(H,15,18). The number of nitrogens with zero attached hydrogens (tertiary/aromatic N) is 1. The molecule has 0 saturated heterocycles. The number of carbonyl (C=O) groups is 1. The summed E-state index contributed by atoms with van der Waals surface area (Å²) in [5.41, 5.74) is 0.839. The fourth-order valence-electron chi connectivity index (χ4n) is 2.31. The SMILES string of the molecule is Cn1c(CNC(=O)C2CCCC2O)cc(Cl)c1Cl. The fraction of sp³-hybridized carbons (Fsp3) is 0.583. The Balaban J connectivity index is 1.95. The van der Waals surface area contributed by atoms with Gasteiger partial charge in [0.05, 0.1) is 23.6 Å². The van der Waals surface area contributed by atoms with Gasteiger partial charge in [0, 0.05) is 12.7 Å². The van der Waals surface area contributed by atoms with Crippen LogP contribution in [0.15, 0.2) is 6.07 Å². The molecule has 1 aliphatic carbocycles. The van der Waals surface area contributed by atoms with E-state index in [0.717, 1.165) is 18.5 Å². The van der Waals surface area contributed by atoms with Crippen LogP contribution in [0, 0.1) is 5.92 Å². The number of amides is 1. The first-order valence-electron chi connectivity index (χ1n) is 5.96. The molecule has 6 heteroatoms. The van der Waals surface area contributed by atoms with Crippen LogP contribution >= 0.6 is 23.2 Å². The van der Waals surface area contributed by atoms with Crippen molar-refractivity contribution in [1.82, 2.24) is 9.88 Å². The van der Waals surface area contributed by atoms with Gasteiger partial charge in [-0.05, 0) is 25.3 Å². The Kier molecular flexibility index (Phi) is 4.20. The maximum atomic E-state index is 11.9. The molecular formula is C12H16Cl2N2O2. The molecule has 2 unspecified atom stereocenters. The van der Waals surface area contributed by atoms with Gasteiger partial charge in [-0.1, -0.05) is 23.2 Å². The number of aliphatic hydroxyl groups is 1. The monoisotopic (exact) mass is 290 g/mol. The van der Waals surface area contributed by atoms with Crippen molar-refractivity contribution in [2.24, 2.45) is 13.0 Å². The number of rotatable bonds is 3. The van der Waals surface area contributed by atoms with Gasteiger partial charge in [-0.2, -0.15) is 0 Å². The summed E-state index contributed by atoms with van der Waals surface area (Å²) in [6.45, 7) is 0.366. The summed E-state index contributed by atoms with van der Waals surface area (Å²) < 4.78 is 1.73. The van der Waals surface area contributed by atoms with Crippen LogP contribution in [0.4, 0.5) is 0 Å². The van der Waals surface area contributed by atoms with Crippen LogP contribution in [0.1, 0.15) is 25.0 Å². The van der Waals surface area contributed by atoms with E-state index in [4.69, 9.17) is 23.2 Å². The van der Waals surface area contributed by atoms with Gasteiger partial charge in [0.2, 0.25) is 5.91 Å². The number of carbonyl (C=O) groups excluding carboxylic acids is 1. The molecule has 0 radical (unpaired) electrons. The van der Waals surface area contributed by atoms with Crippen LogP contribution in [0.3, 0.4) is 0 Å². The average Bonchev–Trinajstić information content (AvgIpc) is 2.86. The van der Waals surface area contributed by atoms with E-state index in [1.54, 1.807) is 17.7 Å². The maximum Gasteiger partial charge on any atom is 0.226 e. The quantitative estimate of drug-likeness (QED) is 0.896. The predicted octanol–water partition coefficient (Wildman–Crippen LogP) is 2.11. The summed E-state index contributed by atoms with van der Waals surface area (Å²) in [7, 11) is 1.79. The second-order valence-corrected chi connectivity index (χ2v) is 5.42. The van der Waals surface area contributed by atoms with Gasteiger partial charge in [0.15, 0.2) is 0 Å². The number of aromatic nitrogens is 1. The number of hydrogen-bond acceptors (Lipinski definition) is 2. The molecule has 2 rings (SSSR count). The Morgan fingerprint density at radius 1 is 1.56 bits per heavy atom. The lowest BCUT2D eigenvalue weighted by molar-refractivity contribution is -0.127. The summed E-state index contributed by atoms with van der Waals surface area (Å²) in [5, 5.41) is 13.4. The van der Waals surface area contributed by atoms with Crippen LogP contribution in [-0.2, 0) is 18.4 Å². The maximum absolute atomic E-state index is 11.9. The topological polar surface area (TPSA) is 54.3 Å². The zero-order valence-electron chi connectivity index (χ0n) is 10.1. The zero-order valence-corrected chi connectivity index (χ0v) is 11.6. The third-order valence-corrected chi connectivity index (χ3v) is 4.32. The van der Waals surface area contributed by atoms with Crippen LogP contribution in [0.25, 0.3) is 0 Å². The van der Waals surface area contributed by atoms with E-state index in [1.165, 1.54) is 0 Å². The molecule has 0 bridgehead atoms. The molecular weight excluding hydrogens is 275 g/mol. The molecule has 1 fully saturated rings. The molecule has 18 heavy (non-hydrogen) atoms. The van der Waals surface area contributed by atoms with E-state index < -0.39 is 6.10 Å². The second-order valence-electron chi connectivity index (χ2n) is 4.66. The van der Waals surface area contributed by atoms with Gasteiger partial charge in [-0.15, -0.1) is 0 Å². The molecule has 1 aromatic heterocycles. The van der Waals surface area contributed by atoms with Crippen molar-refractivity contribution in [2.45, 2.75) is 31.9 Å². The number of nitrogens with one attached hydrogen (secondary N) is 1. The second kappa shape index (κ2) is 5.51. The molecule has 1 amide bonds. The van der Waals surface area contributed by atoms with E-state index in [1.807, 2.05) is 0 Å². The summed E-state index contributed by atoms with van der Waals surface area (Å²) in [6.07, 6.45) is 1.85. The van der Waals surface area contributed by atoms with Gasteiger partial charge < -0.3 is 15.0 Å². The van der Waals surface area contributed by atoms with Crippen molar-refractivity contribution < 1.29 is 9.90 Å². The Morgan fingerprint density at radius 3 is 2.78 bits per heavy atom. The minimum atomic E-state index is -0.509. The summed E-state index contributed by atoms with van der Waals surface area (Å²) in [6, 6.07) is 1.73. The predicted molar refractivity (Wildman–Crippen MR) is 70.6 cm³/mol. The minimum Gasteiger partial charge on any atom is -0.392 e. The third-order valence-electron chi connectivity index (χ3n) is 3.48. The highest BCUT2D eigenvalue weighted by Crippen LogP contribution is 2.27. The van der Waals surface area contributed by atoms with Gasteiger partial charge in [0.1, 0.15) is 5.15 Å². The van der Waals surface area contributed by atoms with Crippen molar-refractivity contribution in [3.63, 3.8) is 0 Å². The fourth-order valence-corrected chi connectivity index (χ4v) is 2.73. The van der Waals surface area contributed by atoms with Gasteiger partial charge >= 0.3 is 0 Å². The van der Waals surface area contributed by atoms with E-state index in [2.05, 4.69) is 5.32 Å². The van der Waals surface area contributed by atoms with Crippen molar-refractivity contribution in [3.05, 3.63) is 21.9 Å². The highest BCUT2D eigenvalue weighted by Gasteiger charge is 2.31. The third kappa shape index (κ3) is 2.66. The van der Waals surface area contributed by atoms with E-state index in [-0.39, 0.29) is 11.8 Å². The molecule has 1 saturated carbocycles. The molecule has 0 spiro atoms. The summed E-state index contributed by atoms with van der Waals surface area (Å²) in [5.74, 6) is -0.385. The first-order valence-corrected chi connectivity index (χ1v) is 6.71. The molecule has 100 valence electrons. The number of aliphatic hydroxyl groups excluding tert-OH is 1. The van der Waals surface area contributed by atoms with Gasteiger partial charge in [-0.3, -0.25) is 4.79 Å². The van der Waals surface area contributed by atoms with Gasteiger partial charge in [0.25, 0.3) is 0 Å². The molecule has 2 N–H and O–H groups in total. The van der Waals surface area contributed by atoms with Crippen molar-refractivity contribution in [1.29, 1.82) is 0 Å². The Bertz CT molecular complexity index is 459. The molecule has 1 heterocycles. The summed E-state index contributed by atoms with van der Waals surface area (Å²) >= 11 is 11.8. The zero-order chi connectivity index (χ0) is 13.3. The Hall–Kier alpha value is -0.710. The average molecular weight is 291 g/mol. The van der Waals surface area contributed by atoms with Crippen molar-refractivity contribution in [3.8, 4) is 0 Å². The highest BCUT2D eigenvalue weighted by atomic mass is 35.5. The number of halogens is 2. The van der Waals surface area contributed by atoms with E-state index >= 15 is 0 Å². The van der Waals surface area contributed by atoms with Crippen LogP contribution in [0.5, 0.6) is 0 Å². The first kappa shape index (κ1) is 13.7. The molecule has 1 aliphatic rings. The van der Waals surface area contributed by atoms with Gasteiger partial charge in [-0.25, -0.2) is 0 Å². The molecule has 4 nitrogen and oxygen atoms in total. The molecule has 0 aromatic carbocycles. The van der Waals surface area contributed by atoms with Crippen molar-refractivity contribution in [2.75, 3.05) is 0 Å². The Labute approximate surface area is 116 Å². The highest BCUT2D eigenvalue weighted by molar-refractivity contribution is 6.41. The molecule has 1 aromatic rings. The normalized spacial score (nSPS) is 23.3. The van der Waals surface area contributed by atoms with Crippen molar-refractivity contribution >= 4 is 29.1 Å². The lowest BCUT2D eigenvalue weighted by atomic mass is 10.1. The molecule has 2 atom stereocenters. The van der Waals surface area contributed by atoms with E-state index in [0.29, 0.717) is 23.1 Å². The van der Waals surface area contributed by atoms with E-state index in [9.17, 15) is 9.90 Å². The smallest absolute Gasteiger partial charge is 0.226 e. The van der Waals surface area contributed by atoms with Crippen LogP contribution < -0.4 is 5.32 Å². The Morgan fingerprint density at radius 2 is 2.28 bits per heavy atom. The van der Waals surface area contributed by atoms with Crippen LogP contribution in [-0.4, -0.2) is 21.7 Å². The minimum absolute atomic E-state index is 0.103. The lowest BCUT2D eigenvalue weighted by Gasteiger charge is -2.14. The number of hydrogen-bond donors (Lipinski definition) is 2. The lowest BCUT2D eigenvalue weighted by Crippen LogP contribution is -2.34. The summed E-state index contributed by atoms with van der Waals surface area (Å²) in [4.78, 5) is 11.9. The van der Waals surface area contributed by atoms with Crippen LogP contribution in [0.2, 0.25) is 10.2 Å². The largest absolute Gasteiger partial charge is 0.392 e.